The van der Waals surface area contributed by atoms with Crippen LogP contribution in [0.3, 0.4) is 0 Å². The molecule has 3 N–H and O–H groups in total. The first-order valence-corrected chi connectivity index (χ1v) is 7.27. The van der Waals surface area contributed by atoms with Crippen molar-refractivity contribution in [3.8, 4) is 0 Å². The Hall–Kier alpha value is -1.82. The minimum absolute atomic E-state index is 0.805. The van der Waals surface area contributed by atoms with Crippen LogP contribution >= 0.6 is 0 Å². The number of guanidine groups is 1. The molecule has 1 aliphatic rings. The maximum atomic E-state index is 5.58. The van der Waals surface area contributed by atoms with E-state index in [2.05, 4.69) is 32.1 Å². The smallest absolute Gasteiger partial charge is 0.208 e. The fourth-order valence-corrected chi connectivity index (χ4v) is 2.27. The highest BCUT2D eigenvalue weighted by atomic mass is 15.4. The molecule has 0 bridgehead atoms. The van der Waals surface area contributed by atoms with Crippen molar-refractivity contribution in [1.29, 1.82) is 0 Å². The van der Waals surface area contributed by atoms with E-state index in [0.29, 0.717) is 0 Å². The highest BCUT2D eigenvalue weighted by Crippen LogP contribution is 2.12. The zero-order valence-corrected chi connectivity index (χ0v) is 12.1. The number of aromatic nitrogens is 1. The third-order valence-electron chi connectivity index (χ3n) is 3.45. The van der Waals surface area contributed by atoms with E-state index in [0.717, 1.165) is 57.3 Å². The Morgan fingerprint density at radius 2 is 2.15 bits per heavy atom. The molecule has 0 spiro atoms. The molecule has 110 valence electrons. The van der Waals surface area contributed by atoms with E-state index in [-0.39, 0.29) is 0 Å². The summed E-state index contributed by atoms with van der Waals surface area (Å²) in [5.41, 5.74) is 2.73. The highest BCUT2D eigenvalue weighted by molar-refractivity contribution is 5.79. The second kappa shape index (κ2) is 7.69. The summed E-state index contributed by atoms with van der Waals surface area (Å²) in [5.74, 6) is 7.43. The van der Waals surface area contributed by atoms with Gasteiger partial charge >= 0.3 is 0 Å². The van der Waals surface area contributed by atoms with Gasteiger partial charge in [0.1, 0.15) is 5.82 Å². The predicted molar refractivity (Wildman–Crippen MR) is 82.6 cm³/mol. The largest absolute Gasteiger partial charge is 0.353 e. The van der Waals surface area contributed by atoms with Crippen molar-refractivity contribution in [3.63, 3.8) is 0 Å². The number of aliphatic imine (C=N–C) groups is 1. The number of hydrogen-bond acceptors (Lipinski definition) is 4. The average molecular weight is 276 g/mol. The second-order valence-corrected chi connectivity index (χ2v) is 4.87. The summed E-state index contributed by atoms with van der Waals surface area (Å²) in [6, 6.07) is 6.01. The molecular formula is C14H24N6. The first kappa shape index (κ1) is 14.6. The average Bonchev–Trinajstić information content (AvgIpc) is 2.53. The van der Waals surface area contributed by atoms with Crippen LogP contribution in [0.5, 0.6) is 0 Å². The zero-order chi connectivity index (χ0) is 14.2. The number of anilines is 1. The number of nitrogens with one attached hydrogen (secondary N) is 1. The van der Waals surface area contributed by atoms with Gasteiger partial charge in [-0.25, -0.2) is 10.8 Å². The van der Waals surface area contributed by atoms with E-state index in [9.17, 15) is 0 Å². The highest BCUT2D eigenvalue weighted by Gasteiger charge is 2.19. The van der Waals surface area contributed by atoms with Gasteiger partial charge < -0.3 is 9.80 Å². The number of rotatable bonds is 4. The van der Waals surface area contributed by atoms with E-state index in [1.165, 1.54) is 0 Å². The molecule has 2 rings (SSSR count). The number of hydrogen-bond donors (Lipinski definition) is 2. The van der Waals surface area contributed by atoms with Crippen LogP contribution in [0, 0.1) is 0 Å². The van der Waals surface area contributed by atoms with E-state index >= 15 is 0 Å². The van der Waals surface area contributed by atoms with E-state index in [1.807, 2.05) is 24.4 Å². The standard InChI is InChI=1S/C14H24N6/c1-2-3-7-17-14(18-15)20-11-9-19(10-12-20)13-6-4-5-8-16-13/h4-6,8H,2-3,7,9-12,15H2,1H3,(H,17,18). The first-order chi connectivity index (χ1) is 9.85. The van der Waals surface area contributed by atoms with Gasteiger partial charge in [-0.15, -0.1) is 0 Å². The summed E-state index contributed by atoms with van der Waals surface area (Å²) < 4.78 is 0. The molecule has 0 aliphatic carbocycles. The Morgan fingerprint density at radius 1 is 1.35 bits per heavy atom. The van der Waals surface area contributed by atoms with Gasteiger partial charge in [0.25, 0.3) is 0 Å². The van der Waals surface area contributed by atoms with Gasteiger partial charge in [0.2, 0.25) is 5.96 Å². The van der Waals surface area contributed by atoms with Crippen LogP contribution < -0.4 is 16.2 Å². The monoisotopic (exact) mass is 276 g/mol. The Morgan fingerprint density at radius 3 is 2.75 bits per heavy atom. The lowest BCUT2D eigenvalue weighted by atomic mass is 10.3. The van der Waals surface area contributed by atoms with Crippen molar-refractivity contribution < 1.29 is 0 Å². The first-order valence-electron chi connectivity index (χ1n) is 7.27. The van der Waals surface area contributed by atoms with Gasteiger partial charge in [-0.05, 0) is 18.6 Å². The van der Waals surface area contributed by atoms with Crippen LogP contribution in [0.15, 0.2) is 29.4 Å². The molecule has 0 radical (unpaired) electrons. The van der Waals surface area contributed by atoms with Gasteiger partial charge in [-0.3, -0.25) is 10.4 Å². The van der Waals surface area contributed by atoms with Crippen LogP contribution in [0.4, 0.5) is 5.82 Å². The van der Waals surface area contributed by atoms with E-state index in [4.69, 9.17) is 5.84 Å². The number of piperazine rings is 1. The van der Waals surface area contributed by atoms with Crippen molar-refractivity contribution in [1.82, 2.24) is 15.3 Å². The Labute approximate surface area is 120 Å². The molecule has 1 fully saturated rings. The molecule has 2 heterocycles. The molecule has 0 saturated carbocycles. The molecule has 6 heteroatoms. The van der Waals surface area contributed by atoms with Gasteiger partial charge in [0.05, 0.1) is 0 Å². The minimum atomic E-state index is 0.805. The van der Waals surface area contributed by atoms with Crippen molar-refractivity contribution >= 4 is 11.8 Å². The van der Waals surface area contributed by atoms with Gasteiger partial charge in [0, 0.05) is 38.9 Å². The fraction of sp³-hybridized carbons (Fsp3) is 0.571. The maximum Gasteiger partial charge on any atom is 0.208 e. The molecule has 1 aromatic rings. The summed E-state index contributed by atoms with van der Waals surface area (Å²) in [5, 5.41) is 0. The summed E-state index contributed by atoms with van der Waals surface area (Å²) in [7, 11) is 0. The molecule has 1 aliphatic heterocycles. The molecule has 0 aromatic carbocycles. The summed E-state index contributed by atoms with van der Waals surface area (Å²) in [4.78, 5) is 13.4. The topological polar surface area (TPSA) is 69.8 Å². The molecule has 6 nitrogen and oxygen atoms in total. The van der Waals surface area contributed by atoms with Crippen molar-refractivity contribution in [2.45, 2.75) is 19.8 Å². The number of nitrogens with two attached hydrogens (primary N) is 1. The van der Waals surface area contributed by atoms with Crippen molar-refractivity contribution in [2.24, 2.45) is 10.8 Å². The van der Waals surface area contributed by atoms with Crippen molar-refractivity contribution in [3.05, 3.63) is 24.4 Å². The number of hydrazine groups is 1. The maximum absolute atomic E-state index is 5.58. The Balaban J connectivity index is 1.88. The Kier molecular flexibility index (Phi) is 5.61. The van der Waals surface area contributed by atoms with E-state index in [1.54, 1.807) is 0 Å². The number of nitrogens with zero attached hydrogens (tertiary/aromatic N) is 4. The third kappa shape index (κ3) is 3.84. The lowest BCUT2D eigenvalue weighted by molar-refractivity contribution is 0.371. The third-order valence-corrected chi connectivity index (χ3v) is 3.45. The summed E-state index contributed by atoms with van der Waals surface area (Å²) in [6.07, 6.45) is 4.08. The van der Waals surface area contributed by atoms with Crippen LogP contribution in [0.1, 0.15) is 19.8 Å². The molecule has 1 saturated heterocycles. The molecule has 0 atom stereocenters. The van der Waals surface area contributed by atoms with Crippen LogP contribution in [-0.2, 0) is 0 Å². The molecule has 1 aromatic heterocycles. The lowest BCUT2D eigenvalue weighted by Crippen LogP contribution is -2.54. The number of pyridine rings is 1. The minimum Gasteiger partial charge on any atom is -0.353 e. The predicted octanol–water partition coefficient (Wildman–Crippen LogP) is 0.823. The van der Waals surface area contributed by atoms with Crippen LogP contribution in [0.25, 0.3) is 0 Å². The molecule has 20 heavy (non-hydrogen) atoms. The lowest BCUT2D eigenvalue weighted by Gasteiger charge is -2.36. The summed E-state index contributed by atoms with van der Waals surface area (Å²) >= 11 is 0. The number of unbranched alkanes of at least 4 members (excludes halogenated alkanes) is 1. The van der Waals surface area contributed by atoms with Crippen LogP contribution in [-0.4, -0.2) is 48.6 Å². The second-order valence-electron chi connectivity index (χ2n) is 4.87. The molecular weight excluding hydrogens is 252 g/mol. The van der Waals surface area contributed by atoms with Crippen molar-refractivity contribution in [2.75, 3.05) is 37.6 Å². The van der Waals surface area contributed by atoms with Crippen LogP contribution in [0.2, 0.25) is 0 Å². The van der Waals surface area contributed by atoms with Gasteiger partial charge in [-0.2, -0.15) is 0 Å². The quantitative estimate of drug-likeness (QED) is 0.280. The summed E-state index contributed by atoms with van der Waals surface area (Å²) in [6.45, 7) is 6.68. The zero-order valence-electron chi connectivity index (χ0n) is 12.1. The van der Waals surface area contributed by atoms with Gasteiger partial charge in [0.15, 0.2) is 0 Å². The molecule has 0 amide bonds. The fourth-order valence-electron chi connectivity index (χ4n) is 2.27. The normalized spacial score (nSPS) is 16.4. The van der Waals surface area contributed by atoms with E-state index < -0.39 is 0 Å². The molecule has 0 unspecified atom stereocenters. The van der Waals surface area contributed by atoms with Gasteiger partial charge in [-0.1, -0.05) is 19.4 Å². The Bertz CT molecular complexity index is 411. The SMILES string of the molecule is CCCCN=C(NN)N1CCN(c2ccccn2)CC1.